The monoisotopic (exact) mass is 367 g/mol. The van der Waals surface area contributed by atoms with Crippen molar-refractivity contribution in [1.82, 2.24) is 14.8 Å². The Kier molecular flexibility index (Phi) is 4.08. The van der Waals surface area contributed by atoms with Gasteiger partial charge in [-0.1, -0.05) is 17.7 Å². The van der Waals surface area contributed by atoms with Gasteiger partial charge in [0.2, 0.25) is 0 Å². The van der Waals surface area contributed by atoms with Crippen molar-refractivity contribution in [3.8, 4) is 0 Å². The van der Waals surface area contributed by atoms with Gasteiger partial charge < -0.3 is 0 Å². The van der Waals surface area contributed by atoms with E-state index < -0.39 is 23.2 Å². The highest BCUT2D eigenvalue weighted by Crippen LogP contribution is 2.35. The number of hydrogen-bond acceptors (Lipinski definition) is 4. The van der Waals surface area contributed by atoms with Gasteiger partial charge in [0.05, 0.1) is 27.4 Å². The summed E-state index contributed by atoms with van der Waals surface area (Å²) in [5, 5.41) is 3.62. The second-order valence-electron chi connectivity index (χ2n) is 5.22. The van der Waals surface area contributed by atoms with E-state index in [9.17, 15) is 22.8 Å². The quantitative estimate of drug-likeness (QED) is 0.644. The van der Waals surface area contributed by atoms with Crippen molar-refractivity contribution in [2.24, 2.45) is 0 Å². The maximum Gasteiger partial charge on any atom is 0.417 e. The number of carbonyl (C=O) groups is 2. The van der Waals surface area contributed by atoms with Crippen molar-refractivity contribution in [3.63, 3.8) is 0 Å². The van der Waals surface area contributed by atoms with Crippen LogP contribution in [0.5, 0.6) is 0 Å². The van der Waals surface area contributed by atoms with Gasteiger partial charge in [0, 0.05) is 11.8 Å². The summed E-state index contributed by atoms with van der Waals surface area (Å²) >= 11 is 5.86. The van der Waals surface area contributed by atoms with Gasteiger partial charge in [-0.05, 0) is 25.1 Å². The number of carbonyl (C=O) groups excluding carboxylic acids is 2. The molecule has 0 aliphatic heterocycles. The fraction of sp³-hybridized carbons (Fsp3) is 0.125. The fourth-order valence-electron chi connectivity index (χ4n) is 2.46. The van der Waals surface area contributed by atoms with E-state index in [0.717, 1.165) is 16.8 Å². The van der Waals surface area contributed by atoms with Crippen LogP contribution in [-0.2, 0) is 6.18 Å². The van der Waals surface area contributed by atoms with Crippen LogP contribution in [0.15, 0.2) is 30.5 Å². The van der Waals surface area contributed by atoms with Crippen molar-refractivity contribution in [3.05, 3.63) is 57.9 Å². The summed E-state index contributed by atoms with van der Waals surface area (Å²) in [6, 6.07) is 4.40. The molecule has 0 radical (unpaired) electrons. The Morgan fingerprint density at radius 3 is 2.68 bits per heavy atom. The number of fused-ring (bicyclic) bond motifs is 1. The lowest BCUT2D eigenvalue weighted by Crippen LogP contribution is -2.20. The molecule has 0 atom stereocenters. The molecule has 9 heteroatoms. The van der Waals surface area contributed by atoms with Crippen molar-refractivity contribution in [2.45, 2.75) is 13.1 Å². The molecular weight excluding hydrogens is 359 g/mol. The molecule has 128 valence electrons. The maximum atomic E-state index is 13.2. The highest BCUT2D eigenvalue weighted by Gasteiger charge is 2.37. The van der Waals surface area contributed by atoms with Crippen LogP contribution in [0.25, 0.3) is 11.0 Å². The van der Waals surface area contributed by atoms with E-state index in [0.29, 0.717) is 17.5 Å². The number of pyridine rings is 1. The molecule has 2 heterocycles. The van der Waals surface area contributed by atoms with Crippen LogP contribution in [0.3, 0.4) is 0 Å². The largest absolute Gasteiger partial charge is 0.417 e. The molecule has 0 amide bonds. The Balaban J connectivity index is 2.27. The van der Waals surface area contributed by atoms with E-state index in [1.807, 2.05) is 0 Å². The molecule has 0 unspecified atom stereocenters. The minimum atomic E-state index is -4.76. The van der Waals surface area contributed by atoms with Crippen molar-refractivity contribution < 1.29 is 22.8 Å². The summed E-state index contributed by atoms with van der Waals surface area (Å²) < 4.78 is 40.5. The number of benzene rings is 1. The number of alkyl halides is 3. The van der Waals surface area contributed by atoms with Gasteiger partial charge >= 0.3 is 6.18 Å². The average Bonchev–Trinajstić information content (AvgIpc) is 2.89. The third-order valence-corrected chi connectivity index (χ3v) is 3.89. The lowest BCUT2D eigenvalue weighted by molar-refractivity contribution is -0.137. The van der Waals surface area contributed by atoms with Gasteiger partial charge in [-0.3, -0.25) is 14.6 Å². The first kappa shape index (κ1) is 17.1. The van der Waals surface area contributed by atoms with Gasteiger partial charge in [0.25, 0.3) is 5.91 Å². The van der Waals surface area contributed by atoms with E-state index in [2.05, 4.69) is 10.1 Å². The number of aldehydes is 1. The third kappa shape index (κ3) is 2.89. The molecule has 1 aromatic carbocycles. The molecule has 0 spiro atoms. The summed E-state index contributed by atoms with van der Waals surface area (Å²) in [5.41, 5.74) is -0.943. The van der Waals surface area contributed by atoms with Gasteiger partial charge in [-0.2, -0.15) is 23.0 Å². The van der Waals surface area contributed by atoms with Crippen LogP contribution in [0, 0.1) is 6.92 Å². The summed E-state index contributed by atoms with van der Waals surface area (Å²) in [6.07, 6.45) is -2.96. The smallest absolute Gasteiger partial charge is 0.298 e. The molecule has 2 aromatic heterocycles. The third-order valence-electron chi connectivity index (χ3n) is 3.57. The van der Waals surface area contributed by atoms with E-state index in [4.69, 9.17) is 11.6 Å². The zero-order chi connectivity index (χ0) is 18.4. The number of halogens is 4. The van der Waals surface area contributed by atoms with Crippen LogP contribution >= 0.6 is 11.6 Å². The van der Waals surface area contributed by atoms with Crippen LogP contribution in [0.2, 0.25) is 5.02 Å². The zero-order valence-electron chi connectivity index (χ0n) is 12.6. The Bertz CT molecular complexity index is 1010. The topological polar surface area (TPSA) is 64.8 Å². The SMILES string of the molecule is Cc1nn(C(=O)c2c(Cl)cccc2C(F)(F)F)c2cc(C=O)cnc12. The van der Waals surface area contributed by atoms with Crippen molar-refractivity contribution in [2.75, 3.05) is 0 Å². The number of aryl methyl sites for hydroxylation is 1. The average molecular weight is 368 g/mol. The van der Waals surface area contributed by atoms with Crippen molar-refractivity contribution in [1.29, 1.82) is 0 Å². The second-order valence-corrected chi connectivity index (χ2v) is 5.62. The molecule has 3 rings (SSSR count). The molecule has 0 bridgehead atoms. The minimum absolute atomic E-state index is 0.125. The highest BCUT2D eigenvalue weighted by atomic mass is 35.5. The maximum absolute atomic E-state index is 13.2. The lowest BCUT2D eigenvalue weighted by atomic mass is 10.1. The Morgan fingerprint density at radius 1 is 1.32 bits per heavy atom. The normalized spacial score (nSPS) is 11.7. The number of rotatable bonds is 2. The Hall–Kier alpha value is -2.74. The molecule has 0 N–H and O–H groups in total. The highest BCUT2D eigenvalue weighted by molar-refractivity contribution is 6.34. The molecule has 0 fully saturated rings. The van der Waals surface area contributed by atoms with Gasteiger partial charge in [-0.25, -0.2) is 0 Å². The molecule has 0 aliphatic rings. The first-order valence-electron chi connectivity index (χ1n) is 6.95. The van der Waals surface area contributed by atoms with Gasteiger partial charge in [0.15, 0.2) is 6.29 Å². The summed E-state index contributed by atoms with van der Waals surface area (Å²) in [7, 11) is 0. The van der Waals surface area contributed by atoms with E-state index in [1.165, 1.54) is 18.3 Å². The minimum Gasteiger partial charge on any atom is -0.298 e. The summed E-state index contributed by atoms with van der Waals surface area (Å²) in [6.45, 7) is 1.55. The van der Waals surface area contributed by atoms with Gasteiger partial charge in [-0.15, -0.1) is 0 Å². The number of aromatic nitrogens is 3. The summed E-state index contributed by atoms with van der Waals surface area (Å²) in [5.74, 6) is -1.05. The van der Waals surface area contributed by atoms with E-state index in [-0.39, 0.29) is 16.1 Å². The van der Waals surface area contributed by atoms with E-state index in [1.54, 1.807) is 6.92 Å². The van der Waals surface area contributed by atoms with E-state index >= 15 is 0 Å². The van der Waals surface area contributed by atoms with Gasteiger partial charge in [0.1, 0.15) is 5.52 Å². The lowest BCUT2D eigenvalue weighted by Gasteiger charge is -2.13. The predicted molar refractivity (Wildman–Crippen MR) is 83.8 cm³/mol. The van der Waals surface area contributed by atoms with Crippen LogP contribution in [0.4, 0.5) is 13.2 Å². The molecule has 0 saturated heterocycles. The second kappa shape index (κ2) is 5.96. The number of nitrogens with zero attached hydrogens (tertiary/aromatic N) is 3. The predicted octanol–water partition coefficient (Wildman–Crippen LogP) is 3.91. The number of hydrogen-bond donors (Lipinski definition) is 0. The van der Waals surface area contributed by atoms with Crippen LogP contribution in [-0.4, -0.2) is 27.0 Å². The van der Waals surface area contributed by atoms with Crippen LogP contribution in [0.1, 0.15) is 32.0 Å². The first-order chi connectivity index (χ1) is 11.7. The summed E-state index contributed by atoms with van der Waals surface area (Å²) in [4.78, 5) is 27.7. The van der Waals surface area contributed by atoms with Crippen LogP contribution < -0.4 is 0 Å². The zero-order valence-corrected chi connectivity index (χ0v) is 13.4. The molecule has 3 aromatic rings. The molecule has 0 aliphatic carbocycles. The molecule has 25 heavy (non-hydrogen) atoms. The first-order valence-corrected chi connectivity index (χ1v) is 7.33. The Labute approximate surface area is 144 Å². The Morgan fingerprint density at radius 2 is 2.04 bits per heavy atom. The van der Waals surface area contributed by atoms with Crippen molar-refractivity contribution >= 4 is 34.8 Å². The standard InChI is InChI=1S/C16H9ClF3N3O2/c1-8-14-12(5-9(7-24)6-21-14)23(22-8)15(25)13-10(16(18,19)20)3-2-4-11(13)17/h2-7H,1H3. The molecule has 5 nitrogen and oxygen atoms in total. The fourth-order valence-corrected chi connectivity index (χ4v) is 2.72. The molecular formula is C16H9ClF3N3O2. The molecule has 0 saturated carbocycles.